The van der Waals surface area contributed by atoms with Crippen LogP contribution in [0.4, 0.5) is 0 Å². The standard InChI is InChI=1S/C18H16ClN3O3S/c1-10(17(23)20-2)22-18(24)15-7-13-14(8-21-9-16(13)26-15)25-12-5-3-11(19)4-6-12/h3-10H,1-2H3,(H,20,23)(H,22,24)/t10-/m0/s1. The van der Waals surface area contributed by atoms with Crippen molar-refractivity contribution in [1.29, 1.82) is 0 Å². The number of carbonyl (C=O) groups excluding carboxylic acids is 2. The van der Waals surface area contributed by atoms with Gasteiger partial charge in [-0.15, -0.1) is 11.3 Å². The molecule has 1 aromatic carbocycles. The molecule has 1 atom stereocenters. The van der Waals surface area contributed by atoms with E-state index in [9.17, 15) is 9.59 Å². The minimum atomic E-state index is -0.624. The topological polar surface area (TPSA) is 80.3 Å². The van der Waals surface area contributed by atoms with Crippen LogP contribution < -0.4 is 15.4 Å². The van der Waals surface area contributed by atoms with E-state index in [2.05, 4.69) is 15.6 Å². The van der Waals surface area contributed by atoms with E-state index in [0.29, 0.717) is 21.4 Å². The molecular weight excluding hydrogens is 374 g/mol. The van der Waals surface area contributed by atoms with E-state index in [-0.39, 0.29) is 11.8 Å². The van der Waals surface area contributed by atoms with Crippen LogP contribution in [0.3, 0.4) is 0 Å². The van der Waals surface area contributed by atoms with E-state index >= 15 is 0 Å². The van der Waals surface area contributed by atoms with Crippen LogP contribution in [-0.4, -0.2) is 29.9 Å². The first-order valence-electron chi connectivity index (χ1n) is 7.81. The Morgan fingerprint density at radius 2 is 1.96 bits per heavy atom. The molecule has 0 unspecified atom stereocenters. The third-order valence-electron chi connectivity index (χ3n) is 3.66. The normalized spacial score (nSPS) is 11.8. The van der Waals surface area contributed by atoms with Gasteiger partial charge in [-0.2, -0.15) is 0 Å². The highest BCUT2D eigenvalue weighted by atomic mass is 35.5. The van der Waals surface area contributed by atoms with E-state index in [1.807, 2.05) is 0 Å². The van der Waals surface area contributed by atoms with E-state index in [0.717, 1.165) is 10.1 Å². The molecule has 3 rings (SSSR count). The molecular formula is C18H16ClN3O3S. The minimum absolute atomic E-state index is 0.257. The van der Waals surface area contributed by atoms with E-state index in [1.54, 1.807) is 49.6 Å². The molecule has 0 aliphatic carbocycles. The number of nitrogens with one attached hydrogen (secondary N) is 2. The van der Waals surface area contributed by atoms with Gasteiger partial charge in [0.15, 0.2) is 5.75 Å². The van der Waals surface area contributed by atoms with Gasteiger partial charge in [-0.3, -0.25) is 14.6 Å². The Bertz CT molecular complexity index is 956. The van der Waals surface area contributed by atoms with Crippen LogP contribution in [0.15, 0.2) is 42.7 Å². The molecule has 0 aliphatic rings. The molecule has 2 heterocycles. The highest BCUT2D eigenvalue weighted by molar-refractivity contribution is 7.20. The average Bonchev–Trinajstić information content (AvgIpc) is 3.08. The number of nitrogens with zero attached hydrogens (tertiary/aromatic N) is 1. The number of rotatable bonds is 5. The SMILES string of the molecule is CNC(=O)[C@H](C)NC(=O)c1cc2c(Oc3ccc(Cl)cc3)cncc2s1. The first kappa shape index (κ1) is 18.2. The van der Waals surface area contributed by atoms with Gasteiger partial charge in [0.2, 0.25) is 5.91 Å². The number of amides is 2. The highest BCUT2D eigenvalue weighted by Crippen LogP contribution is 2.34. The van der Waals surface area contributed by atoms with Gasteiger partial charge in [0.25, 0.3) is 5.91 Å². The summed E-state index contributed by atoms with van der Waals surface area (Å²) in [5, 5.41) is 6.56. The largest absolute Gasteiger partial charge is 0.455 e. The van der Waals surface area contributed by atoms with Crippen molar-refractivity contribution in [3.8, 4) is 11.5 Å². The number of carbonyl (C=O) groups is 2. The summed E-state index contributed by atoms with van der Waals surface area (Å²) in [5.74, 6) is 0.584. The zero-order chi connectivity index (χ0) is 18.7. The lowest BCUT2D eigenvalue weighted by atomic mass is 10.2. The number of ether oxygens (including phenoxy) is 1. The molecule has 0 saturated carbocycles. The molecule has 2 N–H and O–H groups in total. The zero-order valence-corrected chi connectivity index (χ0v) is 15.6. The third-order valence-corrected chi connectivity index (χ3v) is 4.98. The second-order valence-electron chi connectivity index (χ2n) is 5.53. The number of fused-ring (bicyclic) bond motifs is 1. The van der Waals surface area contributed by atoms with Gasteiger partial charge in [0.1, 0.15) is 11.8 Å². The highest BCUT2D eigenvalue weighted by Gasteiger charge is 2.18. The van der Waals surface area contributed by atoms with Gasteiger partial charge in [-0.05, 0) is 37.3 Å². The quantitative estimate of drug-likeness (QED) is 0.698. The maximum absolute atomic E-state index is 12.4. The Labute approximate surface area is 159 Å². The Kier molecular flexibility index (Phi) is 5.39. The zero-order valence-electron chi connectivity index (χ0n) is 14.1. The van der Waals surface area contributed by atoms with Crippen molar-refractivity contribution in [3.63, 3.8) is 0 Å². The van der Waals surface area contributed by atoms with Crippen molar-refractivity contribution >= 4 is 44.8 Å². The monoisotopic (exact) mass is 389 g/mol. The summed E-state index contributed by atoms with van der Waals surface area (Å²) in [6.45, 7) is 1.63. The Hall–Kier alpha value is -2.64. The first-order valence-corrected chi connectivity index (χ1v) is 9.01. The maximum atomic E-state index is 12.4. The summed E-state index contributed by atoms with van der Waals surface area (Å²) >= 11 is 7.17. The van der Waals surface area contributed by atoms with Crippen molar-refractivity contribution in [2.24, 2.45) is 0 Å². The van der Waals surface area contributed by atoms with Crippen LogP contribution in [0, 0.1) is 0 Å². The molecule has 0 spiro atoms. The van der Waals surface area contributed by atoms with Crippen molar-refractivity contribution in [2.75, 3.05) is 7.05 Å². The smallest absolute Gasteiger partial charge is 0.262 e. The Balaban J connectivity index is 1.85. The molecule has 2 amide bonds. The van der Waals surface area contributed by atoms with E-state index in [4.69, 9.17) is 16.3 Å². The number of hydrogen-bond donors (Lipinski definition) is 2. The molecule has 134 valence electrons. The predicted molar refractivity (Wildman–Crippen MR) is 102 cm³/mol. The molecule has 0 saturated heterocycles. The summed E-state index contributed by atoms with van der Waals surface area (Å²) in [4.78, 5) is 28.6. The number of pyridine rings is 1. The van der Waals surface area contributed by atoms with Gasteiger partial charge < -0.3 is 15.4 Å². The Morgan fingerprint density at radius 1 is 1.23 bits per heavy atom. The summed E-state index contributed by atoms with van der Waals surface area (Å²) in [7, 11) is 1.52. The van der Waals surface area contributed by atoms with Crippen LogP contribution in [0.25, 0.3) is 10.1 Å². The van der Waals surface area contributed by atoms with Gasteiger partial charge in [0.05, 0.1) is 15.8 Å². The van der Waals surface area contributed by atoms with E-state index < -0.39 is 6.04 Å². The van der Waals surface area contributed by atoms with Gasteiger partial charge in [-0.25, -0.2) is 0 Å². The summed E-state index contributed by atoms with van der Waals surface area (Å²) in [6, 6.07) is 8.09. The molecule has 0 bridgehead atoms. The lowest BCUT2D eigenvalue weighted by Crippen LogP contribution is -2.43. The van der Waals surface area contributed by atoms with Crippen LogP contribution in [0.1, 0.15) is 16.6 Å². The fraction of sp³-hybridized carbons (Fsp3) is 0.167. The summed E-state index contributed by atoms with van der Waals surface area (Å²) in [5.41, 5.74) is 0. The summed E-state index contributed by atoms with van der Waals surface area (Å²) in [6.07, 6.45) is 3.27. The summed E-state index contributed by atoms with van der Waals surface area (Å²) < 4.78 is 6.68. The van der Waals surface area contributed by atoms with Crippen molar-refractivity contribution in [3.05, 3.63) is 52.6 Å². The second-order valence-corrected chi connectivity index (χ2v) is 7.05. The lowest BCUT2D eigenvalue weighted by molar-refractivity contribution is -0.122. The average molecular weight is 390 g/mol. The van der Waals surface area contributed by atoms with Crippen LogP contribution in [-0.2, 0) is 4.79 Å². The first-order chi connectivity index (χ1) is 12.5. The number of hydrogen-bond acceptors (Lipinski definition) is 5. The van der Waals surface area contributed by atoms with Crippen molar-refractivity contribution in [1.82, 2.24) is 15.6 Å². The fourth-order valence-corrected chi connectivity index (χ4v) is 3.38. The number of aromatic nitrogens is 1. The van der Waals surface area contributed by atoms with Gasteiger partial charge >= 0.3 is 0 Å². The number of thiophene rings is 1. The van der Waals surface area contributed by atoms with Crippen molar-refractivity contribution < 1.29 is 14.3 Å². The molecule has 2 aromatic heterocycles. The van der Waals surface area contributed by atoms with Crippen LogP contribution in [0.2, 0.25) is 5.02 Å². The predicted octanol–water partition coefficient (Wildman–Crippen LogP) is 3.61. The molecule has 0 radical (unpaired) electrons. The van der Waals surface area contributed by atoms with Crippen molar-refractivity contribution in [2.45, 2.75) is 13.0 Å². The lowest BCUT2D eigenvalue weighted by Gasteiger charge is -2.10. The number of halogens is 1. The van der Waals surface area contributed by atoms with Gasteiger partial charge in [0, 0.05) is 23.7 Å². The van der Waals surface area contributed by atoms with Crippen LogP contribution >= 0.6 is 22.9 Å². The molecule has 3 aromatic rings. The van der Waals surface area contributed by atoms with Gasteiger partial charge in [-0.1, -0.05) is 11.6 Å². The molecule has 26 heavy (non-hydrogen) atoms. The maximum Gasteiger partial charge on any atom is 0.262 e. The number of likely N-dealkylation sites (N-methyl/N-ethyl adjacent to an activating group) is 1. The molecule has 0 fully saturated rings. The second kappa shape index (κ2) is 7.72. The third kappa shape index (κ3) is 3.95. The van der Waals surface area contributed by atoms with E-state index in [1.165, 1.54) is 18.4 Å². The molecule has 8 heteroatoms. The molecule has 6 nitrogen and oxygen atoms in total. The van der Waals surface area contributed by atoms with Crippen LogP contribution in [0.5, 0.6) is 11.5 Å². The minimum Gasteiger partial charge on any atom is -0.455 e. The molecule has 0 aliphatic heterocycles. The fourth-order valence-electron chi connectivity index (χ4n) is 2.31. The number of benzene rings is 1. The Morgan fingerprint density at radius 3 is 2.65 bits per heavy atom.